The zero-order valence-corrected chi connectivity index (χ0v) is 12.3. The Kier molecular flexibility index (Phi) is 3.83. The molecule has 0 amide bonds. The van der Waals surface area contributed by atoms with Crippen molar-refractivity contribution in [2.45, 2.75) is 33.6 Å². The molecule has 0 aliphatic carbocycles. The molecular weight excluding hydrogens is 240 g/mol. The summed E-state index contributed by atoms with van der Waals surface area (Å²) >= 11 is 0. The second kappa shape index (κ2) is 5.23. The van der Waals surface area contributed by atoms with E-state index in [1.54, 1.807) is 7.11 Å². The molecule has 1 saturated heterocycles. The molecule has 0 spiro atoms. The molecule has 19 heavy (non-hydrogen) atoms. The first-order valence-corrected chi connectivity index (χ1v) is 6.83. The van der Waals surface area contributed by atoms with E-state index in [2.05, 4.69) is 35.6 Å². The lowest BCUT2D eigenvalue weighted by atomic mass is 9.75. The van der Waals surface area contributed by atoms with Crippen LogP contribution in [0.3, 0.4) is 0 Å². The maximum absolute atomic E-state index is 5.83. The van der Waals surface area contributed by atoms with E-state index >= 15 is 0 Å². The molecule has 1 aliphatic heterocycles. The van der Waals surface area contributed by atoms with Crippen molar-refractivity contribution < 1.29 is 4.74 Å². The van der Waals surface area contributed by atoms with Crippen molar-refractivity contribution in [3.05, 3.63) is 6.33 Å². The molecule has 1 fully saturated rings. The van der Waals surface area contributed by atoms with Gasteiger partial charge in [0, 0.05) is 13.1 Å². The summed E-state index contributed by atoms with van der Waals surface area (Å²) in [5.74, 6) is 2.58. The molecule has 1 aliphatic rings. The number of piperidine rings is 1. The normalized spacial score (nSPS) is 17.6. The van der Waals surface area contributed by atoms with Crippen molar-refractivity contribution in [2.75, 3.05) is 30.8 Å². The van der Waals surface area contributed by atoms with Gasteiger partial charge in [0.25, 0.3) is 0 Å². The van der Waals surface area contributed by atoms with Gasteiger partial charge < -0.3 is 15.4 Å². The largest absolute Gasteiger partial charge is 0.490 e. The third-order valence-corrected chi connectivity index (χ3v) is 4.04. The summed E-state index contributed by atoms with van der Waals surface area (Å²) in [7, 11) is 1.61. The van der Waals surface area contributed by atoms with Crippen LogP contribution >= 0.6 is 0 Å². The van der Waals surface area contributed by atoms with Gasteiger partial charge in [-0.05, 0) is 24.2 Å². The lowest BCUT2D eigenvalue weighted by Gasteiger charge is -2.39. The lowest BCUT2D eigenvalue weighted by molar-refractivity contribution is 0.198. The van der Waals surface area contributed by atoms with Crippen LogP contribution in [0.25, 0.3) is 0 Å². The fraction of sp³-hybridized carbons (Fsp3) is 0.714. The zero-order valence-electron chi connectivity index (χ0n) is 12.3. The van der Waals surface area contributed by atoms with E-state index < -0.39 is 0 Å². The summed E-state index contributed by atoms with van der Waals surface area (Å²) < 4.78 is 5.33. The summed E-state index contributed by atoms with van der Waals surface area (Å²) in [5.41, 5.74) is 6.21. The number of ether oxygens (including phenoxy) is 1. The van der Waals surface area contributed by atoms with Crippen LogP contribution in [0.5, 0.6) is 5.75 Å². The molecule has 0 unspecified atom stereocenters. The average molecular weight is 264 g/mol. The number of hydrogen-bond donors (Lipinski definition) is 1. The predicted octanol–water partition coefficient (Wildman–Crippen LogP) is 2.33. The van der Waals surface area contributed by atoms with Crippen LogP contribution in [0.4, 0.5) is 11.6 Å². The Bertz CT molecular complexity index is 434. The van der Waals surface area contributed by atoms with Gasteiger partial charge in [-0.25, -0.2) is 9.97 Å². The maximum atomic E-state index is 5.83. The Morgan fingerprint density at radius 2 is 1.89 bits per heavy atom. The SMILES string of the molecule is COc1c(N)ncnc1N1CCC(C(C)(C)C)CC1. The average Bonchev–Trinajstić information content (AvgIpc) is 2.37. The number of nitrogens with zero attached hydrogens (tertiary/aromatic N) is 3. The summed E-state index contributed by atoms with van der Waals surface area (Å²) in [6.07, 6.45) is 3.86. The number of rotatable bonds is 2. The third kappa shape index (κ3) is 2.91. The summed E-state index contributed by atoms with van der Waals surface area (Å²) in [6.45, 7) is 8.94. The Balaban J connectivity index is 2.12. The number of nitrogens with two attached hydrogens (primary N) is 1. The van der Waals surface area contributed by atoms with E-state index in [0.29, 0.717) is 17.0 Å². The molecule has 0 aromatic carbocycles. The van der Waals surface area contributed by atoms with Crippen molar-refractivity contribution in [3.8, 4) is 5.75 Å². The summed E-state index contributed by atoms with van der Waals surface area (Å²) in [6, 6.07) is 0. The molecule has 5 nitrogen and oxygen atoms in total. The second-order valence-electron chi connectivity index (χ2n) is 6.24. The molecular formula is C14H24N4O. The van der Waals surface area contributed by atoms with E-state index in [9.17, 15) is 0 Å². The molecule has 5 heteroatoms. The first kappa shape index (κ1) is 13.9. The van der Waals surface area contributed by atoms with Crippen LogP contribution in [0.2, 0.25) is 0 Å². The fourth-order valence-corrected chi connectivity index (χ4v) is 2.76. The van der Waals surface area contributed by atoms with Gasteiger partial charge in [-0.3, -0.25) is 0 Å². The highest BCUT2D eigenvalue weighted by Crippen LogP contribution is 2.37. The van der Waals surface area contributed by atoms with Crippen LogP contribution in [0.1, 0.15) is 33.6 Å². The Hall–Kier alpha value is -1.52. The highest BCUT2D eigenvalue weighted by Gasteiger charge is 2.30. The quantitative estimate of drug-likeness (QED) is 0.888. The zero-order chi connectivity index (χ0) is 14.0. The van der Waals surface area contributed by atoms with Crippen molar-refractivity contribution in [3.63, 3.8) is 0 Å². The van der Waals surface area contributed by atoms with Crippen LogP contribution in [0.15, 0.2) is 6.33 Å². The number of methoxy groups -OCH3 is 1. The van der Waals surface area contributed by atoms with Gasteiger partial charge in [0.1, 0.15) is 6.33 Å². The lowest BCUT2D eigenvalue weighted by Crippen LogP contribution is -2.38. The minimum Gasteiger partial charge on any atom is -0.490 e. The number of aromatic nitrogens is 2. The van der Waals surface area contributed by atoms with Crippen LogP contribution in [-0.4, -0.2) is 30.2 Å². The molecule has 1 aromatic rings. The van der Waals surface area contributed by atoms with Gasteiger partial charge in [-0.15, -0.1) is 0 Å². The predicted molar refractivity (Wildman–Crippen MR) is 77.4 cm³/mol. The number of hydrogen-bond acceptors (Lipinski definition) is 5. The topological polar surface area (TPSA) is 64.3 Å². The first-order chi connectivity index (χ1) is 8.93. The van der Waals surface area contributed by atoms with E-state index in [1.807, 2.05) is 0 Å². The molecule has 2 heterocycles. The standard InChI is InChI=1S/C14H24N4O/c1-14(2,3)10-5-7-18(8-6-10)13-11(19-4)12(15)16-9-17-13/h9-10H,5-8H2,1-4H3,(H2,15,16,17). The first-order valence-electron chi connectivity index (χ1n) is 6.83. The molecule has 2 N–H and O–H groups in total. The van der Waals surface area contributed by atoms with Crippen molar-refractivity contribution in [1.29, 1.82) is 0 Å². The van der Waals surface area contributed by atoms with Crippen LogP contribution in [0, 0.1) is 11.3 Å². The molecule has 0 bridgehead atoms. The van der Waals surface area contributed by atoms with Gasteiger partial charge in [0.15, 0.2) is 11.6 Å². The van der Waals surface area contributed by atoms with Gasteiger partial charge in [-0.2, -0.15) is 0 Å². The van der Waals surface area contributed by atoms with Gasteiger partial charge in [0.05, 0.1) is 7.11 Å². The smallest absolute Gasteiger partial charge is 0.204 e. The van der Waals surface area contributed by atoms with Gasteiger partial charge in [-0.1, -0.05) is 20.8 Å². The van der Waals surface area contributed by atoms with Crippen molar-refractivity contribution in [2.24, 2.45) is 11.3 Å². The van der Waals surface area contributed by atoms with E-state index in [0.717, 1.165) is 24.8 Å². The Morgan fingerprint density at radius 1 is 1.26 bits per heavy atom. The molecule has 0 saturated carbocycles. The monoisotopic (exact) mass is 264 g/mol. The molecule has 106 valence electrons. The maximum Gasteiger partial charge on any atom is 0.204 e. The summed E-state index contributed by atoms with van der Waals surface area (Å²) in [4.78, 5) is 10.6. The molecule has 1 aromatic heterocycles. The second-order valence-corrected chi connectivity index (χ2v) is 6.24. The van der Waals surface area contributed by atoms with E-state index in [1.165, 1.54) is 19.2 Å². The van der Waals surface area contributed by atoms with Gasteiger partial charge in [0.2, 0.25) is 5.75 Å². The molecule has 0 atom stereocenters. The number of anilines is 2. The third-order valence-electron chi connectivity index (χ3n) is 4.04. The fourth-order valence-electron chi connectivity index (χ4n) is 2.76. The van der Waals surface area contributed by atoms with Crippen molar-refractivity contribution in [1.82, 2.24) is 9.97 Å². The van der Waals surface area contributed by atoms with E-state index in [-0.39, 0.29) is 0 Å². The highest BCUT2D eigenvalue weighted by molar-refractivity contribution is 5.62. The van der Waals surface area contributed by atoms with Crippen LogP contribution in [-0.2, 0) is 0 Å². The van der Waals surface area contributed by atoms with Crippen molar-refractivity contribution >= 4 is 11.6 Å². The minimum atomic E-state index is 0.376. The van der Waals surface area contributed by atoms with Gasteiger partial charge >= 0.3 is 0 Å². The molecule has 0 radical (unpaired) electrons. The van der Waals surface area contributed by atoms with Crippen LogP contribution < -0.4 is 15.4 Å². The minimum absolute atomic E-state index is 0.376. The Labute approximate surface area is 115 Å². The molecule has 2 rings (SSSR count). The summed E-state index contributed by atoms with van der Waals surface area (Å²) in [5, 5.41) is 0. The highest BCUT2D eigenvalue weighted by atomic mass is 16.5. The number of nitrogen functional groups attached to an aromatic ring is 1. The Morgan fingerprint density at radius 3 is 2.42 bits per heavy atom. The van der Waals surface area contributed by atoms with E-state index in [4.69, 9.17) is 10.5 Å².